The lowest BCUT2D eigenvalue weighted by atomic mass is 9.82. The molecule has 0 bridgehead atoms. The third-order valence-corrected chi connectivity index (χ3v) is 7.53. The molecular weight excluding hydrogens is 446 g/mol. The summed E-state index contributed by atoms with van der Waals surface area (Å²) in [7, 11) is 0. The van der Waals surface area contributed by atoms with Gasteiger partial charge in [-0.05, 0) is 110 Å². The summed E-state index contributed by atoms with van der Waals surface area (Å²) in [5.41, 5.74) is 11.2. The van der Waals surface area contributed by atoms with Crippen molar-refractivity contribution in [3.05, 3.63) is 120 Å². The molecular formula is C34H22F2. The molecule has 6 aromatic carbocycles. The lowest BCUT2D eigenvalue weighted by Crippen LogP contribution is -1.94. The summed E-state index contributed by atoms with van der Waals surface area (Å²) in [5.74, 6) is -0.501. The largest absolute Gasteiger partial charge is 0.207 e. The lowest BCUT2D eigenvalue weighted by molar-refractivity contribution is 0.627. The van der Waals surface area contributed by atoms with Crippen molar-refractivity contribution < 1.29 is 8.78 Å². The summed E-state index contributed by atoms with van der Waals surface area (Å²) in [5, 5.41) is 4.69. The zero-order chi connectivity index (χ0) is 24.6. The number of hydrogen-bond acceptors (Lipinski definition) is 0. The van der Waals surface area contributed by atoms with Crippen LogP contribution in [0.4, 0.5) is 8.78 Å². The second-order valence-electron chi connectivity index (χ2n) is 9.72. The molecule has 1 aliphatic rings. The molecule has 0 aliphatic heterocycles. The second-order valence-corrected chi connectivity index (χ2v) is 9.72. The van der Waals surface area contributed by atoms with E-state index in [1.54, 1.807) is 0 Å². The van der Waals surface area contributed by atoms with Gasteiger partial charge >= 0.3 is 0 Å². The molecule has 0 saturated carbocycles. The first-order valence-electron chi connectivity index (χ1n) is 12.2. The number of rotatable bonds is 2. The minimum Gasteiger partial charge on any atom is -0.207 e. The van der Waals surface area contributed by atoms with Gasteiger partial charge in [-0.15, -0.1) is 0 Å². The Hall–Kier alpha value is -4.30. The van der Waals surface area contributed by atoms with Crippen molar-refractivity contribution in [2.75, 3.05) is 0 Å². The number of benzene rings is 6. The molecule has 0 unspecified atom stereocenters. The maximum absolute atomic E-state index is 14.0. The van der Waals surface area contributed by atoms with Crippen LogP contribution in [0.5, 0.6) is 0 Å². The average molecular weight is 469 g/mol. The zero-order valence-corrected chi connectivity index (χ0v) is 20.0. The van der Waals surface area contributed by atoms with Gasteiger partial charge in [0.15, 0.2) is 0 Å². The van der Waals surface area contributed by atoms with Crippen LogP contribution in [-0.2, 0) is 0 Å². The Kier molecular flexibility index (Phi) is 4.44. The van der Waals surface area contributed by atoms with Crippen LogP contribution in [0, 0.1) is 25.5 Å². The van der Waals surface area contributed by atoms with E-state index < -0.39 is 0 Å². The van der Waals surface area contributed by atoms with Crippen LogP contribution in [0.15, 0.2) is 97.1 Å². The minimum atomic E-state index is -0.250. The van der Waals surface area contributed by atoms with Gasteiger partial charge in [0.2, 0.25) is 0 Å². The Labute approximate surface area is 208 Å². The Balaban J connectivity index is 1.75. The summed E-state index contributed by atoms with van der Waals surface area (Å²) < 4.78 is 28.0. The Bertz CT molecular complexity index is 1840. The van der Waals surface area contributed by atoms with Crippen molar-refractivity contribution in [2.24, 2.45) is 0 Å². The van der Waals surface area contributed by atoms with Gasteiger partial charge in [-0.3, -0.25) is 0 Å². The van der Waals surface area contributed by atoms with Gasteiger partial charge in [0.1, 0.15) is 11.6 Å². The van der Waals surface area contributed by atoms with Crippen LogP contribution >= 0.6 is 0 Å². The highest BCUT2D eigenvalue weighted by Crippen LogP contribution is 2.57. The number of fused-ring (bicyclic) bond motifs is 4. The van der Waals surface area contributed by atoms with Crippen molar-refractivity contribution in [1.29, 1.82) is 0 Å². The first-order chi connectivity index (χ1) is 17.5. The first kappa shape index (κ1) is 21.0. The van der Waals surface area contributed by atoms with Gasteiger partial charge in [0.05, 0.1) is 0 Å². The van der Waals surface area contributed by atoms with Crippen molar-refractivity contribution in [3.8, 4) is 44.5 Å². The summed E-state index contributed by atoms with van der Waals surface area (Å²) in [6, 6.07) is 31.0. The molecule has 0 atom stereocenters. The molecule has 0 saturated heterocycles. The molecule has 0 nitrogen and oxygen atoms in total. The fourth-order valence-electron chi connectivity index (χ4n) is 5.94. The Morgan fingerprint density at radius 1 is 0.472 bits per heavy atom. The fraction of sp³-hybridized carbons (Fsp3) is 0.0588. The third-order valence-electron chi connectivity index (χ3n) is 7.53. The van der Waals surface area contributed by atoms with E-state index in [1.807, 2.05) is 24.3 Å². The quantitative estimate of drug-likeness (QED) is 0.237. The van der Waals surface area contributed by atoms with E-state index in [2.05, 4.69) is 62.4 Å². The van der Waals surface area contributed by atoms with Crippen LogP contribution in [0.1, 0.15) is 11.1 Å². The molecule has 0 spiro atoms. The molecule has 1 aliphatic carbocycles. The van der Waals surface area contributed by atoms with Crippen LogP contribution in [0.3, 0.4) is 0 Å². The molecule has 0 N–H and O–H groups in total. The zero-order valence-electron chi connectivity index (χ0n) is 20.0. The van der Waals surface area contributed by atoms with E-state index in [-0.39, 0.29) is 11.6 Å². The number of aryl methyl sites for hydroxylation is 2. The molecule has 2 heteroatoms. The van der Waals surface area contributed by atoms with Gasteiger partial charge in [-0.1, -0.05) is 78.4 Å². The van der Waals surface area contributed by atoms with Crippen LogP contribution in [0.25, 0.3) is 66.1 Å². The average Bonchev–Trinajstić information content (AvgIpc) is 3.21. The van der Waals surface area contributed by atoms with Crippen molar-refractivity contribution >= 4 is 21.5 Å². The smallest absolute Gasteiger partial charge is 0.123 e. The summed E-state index contributed by atoms with van der Waals surface area (Å²) >= 11 is 0. The lowest BCUT2D eigenvalue weighted by Gasteiger charge is -2.21. The molecule has 0 aromatic heterocycles. The van der Waals surface area contributed by atoms with E-state index in [1.165, 1.54) is 51.7 Å². The predicted molar refractivity (Wildman–Crippen MR) is 146 cm³/mol. The fourth-order valence-corrected chi connectivity index (χ4v) is 5.94. The van der Waals surface area contributed by atoms with E-state index in [0.717, 1.165) is 49.7 Å². The summed E-state index contributed by atoms with van der Waals surface area (Å²) in [6.45, 7) is 4.24. The molecule has 7 rings (SSSR count). The van der Waals surface area contributed by atoms with E-state index in [9.17, 15) is 8.78 Å². The molecule has 0 radical (unpaired) electrons. The number of hydrogen-bond donors (Lipinski definition) is 0. The number of halogens is 2. The molecule has 6 aromatic rings. The monoisotopic (exact) mass is 468 g/mol. The maximum atomic E-state index is 14.0. The highest BCUT2D eigenvalue weighted by atomic mass is 19.1. The molecule has 172 valence electrons. The van der Waals surface area contributed by atoms with Crippen molar-refractivity contribution in [3.63, 3.8) is 0 Å². The van der Waals surface area contributed by atoms with E-state index in [4.69, 9.17) is 0 Å². The summed E-state index contributed by atoms with van der Waals surface area (Å²) in [6.07, 6.45) is 0. The van der Waals surface area contributed by atoms with E-state index >= 15 is 0 Å². The van der Waals surface area contributed by atoms with Gasteiger partial charge < -0.3 is 0 Å². The van der Waals surface area contributed by atoms with Crippen molar-refractivity contribution in [1.82, 2.24) is 0 Å². The van der Waals surface area contributed by atoms with Crippen LogP contribution in [-0.4, -0.2) is 0 Å². The Morgan fingerprint density at radius 2 is 1.06 bits per heavy atom. The maximum Gasteiger partial charge on any atom is 0.123 e. The van der Waals surface area contributed by atoms with Gasteiger partial charge in [-0.2, -0.15) is 0 Å². The highest BCUT2D eigenvalue weighted by Gasteiger charge is 2.30. The standard InChI is InChI=1S/C34H22F2/c1-19-6-16-26-29(18-19)31(22-10-14-24(36)15-11-22)33-27-5-3-4-25-20(2)7-17-28(32(25)27)34(33)30(26)21-8-12-23(35)13-9-21/h3-18H,1-2H3. The Morgan fingerprint density at radius 3 is 1.69 bits per heavy atom. The molecule has 0 fully saturated rings. The van der Waals surface area contributed by atoms with Crippen LogP contribution in [0.2, 0.25) is 0 Å². The van der Waals surface area contributed by atoms with Crippen molar-refractivity contribution in [2.45, 2.75) is 13.8 Å². The normalized spacial score (nSPS) is 11.9. The SMILES string of the molecule is Cc1ccc2c(-c3ccc(F)cc3)c3c(c(-c4ccc(F)cc4)c2c1)-c1cccc2c(C)ccc-3c12. The van der Waals surface area contributed by atoms with E-state index in [0.29, 0.717) is 0 Å². The second kappa shape index (κ2) is 7.60. The first-order valence-corrected chi connectivity index (χ1v) is 12.2. The topological polar surface area (TPSA) is 0 Å². The summed E-state index contributed by atoms with van der Waals surface area (Å²) in [4.78, 5) is 0. The molecule has 36 heavy (non-hydrogen) atoms. The third kappa shape index (κ3) is 2.91. The predicted octanol–water partition coefficient (Wildman–Crippen LogP) is 9.87. The highest BCUT2D eigenvalue weighted by molar-refractivity contribution is 6.27. The molecule has 0 amide bonds. The minimum absolute atomic E-state index is 0.250. The van der Waals surface area contributed by atoms with Gasteiger partial charge in [0.25, 0.3) is 0 Å². The van der Waals surface area contributed by atoms with Gasteiger partial charge in [-0.25, -0.2) is 8.78 Å². The van der Waals surface area contributed by atoms with Gasteiger partial charge in [0, 0.05) is 0 Å². The van der Waals surface area contributed by atoms with Crippen LogP contribution < -0.4 is 0 Å². The molecule has 0 heterocycles.